The van der Waals surface area contributed by atoms with E-state index in [0.717, 1.165) is 55.7 Å². The van der Waals surface area contributed by atoms with Crippen LogP contribution in [0.15, 0.2) is 53.5 Å². The fourth-order valence-corrected chi connectivity index (χ4v) is 3.36. The predicted octanol–water partition coefficient (Wildman–Crippen LogP) is 2.66. The van der Waals surface area contributed by atoms with Crippen molar-refractivity contribution in [2.75, 3.05) is 51.3 Å². The molecule has 1 atom stereocenters. The van der Waals surface area contributed by atoms with Crippen LogP contribution in [0.5, 0.6) is 5.75 Å². The van der Waals surface area contributed by atoms with Crippen molar-refractivity contribution in [2.45, 2.75) is 13.0 Å². The molecule has 0 bridgehead atoms. The van der Waals surface area contributed by atoms with Crippen LogP contribution in [-0.2, 0) is 0 Å². The summed E-state index contributed by atoms with van der Waals surface area (Å²) in [7, 11) is 1.62. The lowest BCUT2D eigenvalue weighted by Gasteiger charge is -2.37. The SMILES string of the molecule is CCNC(=NCC(O)c1ccc(OC)cc1)N1CCN(c2ccc(F)cc2)CC1. The summed E-state index contributed by atoms with van der Waals surface area (Å²) in [6.07, 6.45) is -0.671. The van der Waals surface area contributed by atoms with Gasteiger partial charge in [0.15, 0.2) is 5.96 Å². The first-order chi connectivity index (χ1) is 14.1. The summed E-state index contributed by atoms with van der Waals surface area (Å²) in [4.78, 5) is 9.09. The molecule has 0 aliphatic carbocycles. The number of aliphatic imine (C=N–C) groups is 1. The largest absolute Gasteiger partial charge is 0.497 e. The maximum atomic E-state index is 13.1. The molecule has 0 saturated carbocycles. The number of methoxy groups -OCH3 is 1. The molecule has 0 radical (unpaired) electrons. The van der Waals surface area contributed by atoms with E-state index in [1.165, 1.54) is 12.1 Å². The van der Waals surface area contributed by atoms with Gasteiger partial charge in [-0.3, -0.25) is 4.99 Å². The zero-order chi connectivity index (χ0) is 20.6. The smallest absolute Gasteiger partial charge is 0.194 e. The topological polar surface area (TPSA) is 60.3 Å². The van der Waals surface area contributed by atoms with Crippen molar-refractivity contribution in [1.82, 2.24) is 10.2 Å². The Morgan fingerprint density at radius 3 is 2.34 bits per heavy atom. The Bertz CT molecular complexity index is 787. The van der Waals surface area contributed by atoms with Crippen LogP contribution in [0.25, 0.3) is 0 Å². The Balaban J connectivity index is 1.59. The highest BCUT2D eigenvalue weighted by Crippen LogP contribution is 2.19. The van der Waals surface area contributed by atoms with Crippen LogP contribution >= 0.6 is 0 Å². The number of halogens is 1. The third kappa shape index (κ3) is 5.60. The molecule has 29 heavy (non-hydrogen) atoms. The Labute approximate surface area is 171 Å². The Morgan fingerprint density at radius 2 is 1.76 bits per heavy atom. The maximum Gasteiger partial charge on any atom is 0.194 e. The number of hydrogen-bond acceptors (Lipinski definition) is 4. The number of benzene rings is 2. The molecular formula is C22H29FN4O2. The highest BCUT2D eigenvalue weighted by Gasteiger charge is 2.20. The minimum absolute atomic E-state index is 0.218. The molecule has 2 aromatic rings. The number of rotatable bonds is 6. The van der Waals surface area contributed by atoms with Crippen LogP contribution in [0.3, 0.4) is 0 Å². The highest BCUT2D eigenvalue weighted by atomic mass is 19.1. The first-order valence-electron chi connectivity index (χ1n) is 9.96. The molecule has 7 heteroatoms. The van der Waals surface area contributed by atoms with Crippen molar-refractivity contribution in [2.24, 2.45) is 4.99 Å². The summed E-state index contributed by atoms with van der Waals surface area (Å²) in [5, 5.41) is 13.8. The summed E-state index contributed by atoms with van der Waals surface area (Å²) < 4.78 is 18.3. The Kier molecular flexibility index (Phi) is 7.30. The van der Waals surface area contributed by atoms with Gasteiger partial charge >= 0.3 is 0 Å². The quantitative estimate of drug-likeness (QED) is 0.577. The molecule has 1 saturated heterocycles. The minimum atomic E-state index is -0.671. The lowest BCUT2D eigenvalue weighted by atomic mass is 10.1. The van der Waals surface area contributed by atoms with E-state index in [9.17, 15) is 9.50 Å². The maximum absolute atomic E-state index is 13.1. The molecule has 1 fully saturated rings. The van der Waals surface area contributed by atoms with Gasteiger partial charge in [0.25, 0.3) is 0 Å². The van der Waals surface area contributed by atoms with Gasteiger partial charge in [0, 0.05) is 38.4 Å². The first-order valence-corrected chi connectivity index (χ1v) is 9.96. The zero-order valence-electron chi connectivity index (χ0n) is 17.0. The first kappa shape index (κ1) is 20.9. The molecule has 6 nitrogen and oxygen atoms in total. The van der Waals surface area contributed by atoms with Gasteiger partial charge < -0.3 is 25.0 Å². The second-order valence-electron chi connectivity index (χ2n) is 6.93. The van der Waals surface area contributed by atoms with E-state index >= 15 is 0 Å². The molecule has 1 aliphatic heterocycles. The monoisotopic (exact) mass is 400 g/mol. The molecule has 3 rings (SSSR count). The number of hydrogen-bond donors (Lipinski definition) is 2. The van der Waals surface area contributed by atoms with E-state index in [4.69, 9.17) is 4.74 Å². The summed E-state index contributed by atoms with van der Waals surface area (Å²) in [6.45, 7) is 6.35. The standard InChI is InChI=1S/C22H29FN4O2/c1-3-24-22(25-16-21(28)17-4-10-20(29-2)11-5-17)27-14-12-26(13-15-27)19-8-6-18(23)7-9-19/h4-11,21,28H,3,12-16H2,1-2H3,(H,24,25). The van der Waals surface area contributed by atoms with E-state index in [1.54, 1.807) is 7.11 Å². The average Bonchev–Trinajstić information content (AvgIpc) is 2.77. The van der Waals surface area contributed by atoms with Crippen LogP contribution in [0, 0.1) is 5.82 Å². The Hall–Kier alpha value is -2.80. The van der Waals surface area contributed by atoms with Crippen LogP contribution in [-0.4, -0.2) is 62.3 Å². The number of guanidine groups is 1. The number of anilines is 1. The van der Waals surface area contributed by atoms with Crippen LogP contribution in [0.1, 0.15) is 18.6 Å². The number of aliphatic hydroxyl groups is 1. The lowest BCUT2D eigenvalue weighted by molar-refractivity contribution is 0.186. The number of aliphatic hydroxyl groups excluding tert-OH is 1. The van der Waals surface area contributed by atoms with E-state index in [1.807, 2.05) is 43.3 Å². The van der Waals surface area contributed by atoms with Crippen molar-refractivity contribution in [3.8, 4) is 5.75 Å². The van der Waals surface area contributed by atoms with Gasteiger partial charge in [-0.1, -0.05) is 12.1 Å². The summed E-state index contributed by atoms with van der Waals surface area (Å²) in [5.41, 5.74) is 1.84. The van der Waals surface area contributed by atoms with Gasteiger partial charge in [0.1, 0.15) is 11.6 Å². The lowest BCUT2D eigenvalue weighted by Crippen LogP contribution is -2.52. The number of piperazine rings is 1. The highest BCUT2D eigenvalue weighted by molar-refractivity contribution is 5.80. The van der Waals surface area contributed by atoms with Gasteiger partial charge in [-0.15, -0.1) is 0 Å². The van der Waals surface area contributed by atoms with Crippen LogP contribution < -0.4 is 15.0 Å². The van der Waals surface area contributed by atoms with Crippen molar-refractivity contribution >= 4 is 11.6 Å². The molecule has 2 aromatic carbocycles. The van der Waals surface area contributed by atoms with Crippen molar-refractivity contribution in [3.63, 3.8) is 0 Å². The minimum Gasteiger partial charge on any atom is -0.497 e. The van der Waals surface area contributed by atoms with Gasteiger partial charge in [-0.05, 0) is 48.9 Å². The molecule has 156 valence electrons. The average molecular weight is 400 g/mol. The third-order valence-electron chi connectivity index (χ3n) is 5.02. The summed E-state index contributed by atoms with van der Waals surface area (Å²) >= 11 is 0. The van der Waals surface area contributed by atoms with Crippen LogP contribution in [0.2, 0.25) is 0 Å². The molecule has 0 aromatic heterocycles. The molecule has 1 heterocycles. The predicted molar refractivity (Wildman–Crippen MR) is 114 cm³/mol. The number of nitrogens with zero attached hydrogens (tertiary/aromatic N) is 3. The molecule has 1 unspecified atom stereocenters. The normalized spacial score (nSPS) is 15.9. The Morgan fingerprint density at radius 1 is 1.10 bits per heavy atom. The molecule has 0 amide bonds. The summed E-state index contributed by atoms with van der Waals surface area (Å²) in [6, 6.07) is 14.0. The van der Waals surface area contributed by atoms with Gasteiger partial charge in [-0.25, -0.2) is 4.39 Å². The number of ether oxygens (including phenoxy) is 1. The molecule has 0 spiro atoms. The fourth-order valence-electron chi connectivity index (χ4n) is 3.36. The molecule has 1 aliphatic rings. The van der Waals surface area contributed by atoms with Crippen molar-refractivity contribution in [3.05, 3.63) is 59.9 Å². The van der Waals surface area contributed by atoms with Gasteiger partial charge in [-0.2, -0.15) is 0 Å². The van der Waals surface area contributed by atoms with Gasteiger partial charge in [0.2, 0.25) is 0 Å². The van der Waals surface area contributed by atoms with Crippen molar-refractivity contribution in [1.29, 1.82) is 0 Å². The third-order valence-corrected chi connectivity index (χ3v) is 5.02. The summed E-state index contributed by atoms with van der Waals surface area (Å²) in [5.74, 6) is 1.35. The van der Waals surface area contributed by atoms with E-state index in [2.05, 4.69) is 20.1 Å². The fraction of sp³-hybridized carbons (Fsp3) is 0.409. The molecular weight excluding hydrogens is 371 g/mol. The van der Waals surface area contributed by atoms with E-state index in [-0.39, 0.29) is 12.4 Å². The van der Waals surface area contributed by atoms with E-state index < -0.39 is 6.10 Å². The number of nitrogens with one attached hydrogen (secondary N) is 1. The second-order valence-corrected chi connectivity index (χ2v) is 6.93. The van der Waals surface area contributed by atoms with Gasteiger partial charge in [0.05, 0.1) is 19.8 Å². The van der Waals surface area contributed by atoms with Crippen molar-refractivity contribution < 1.29 is 14.2 Å². The molecule has 2 N–H and O–H groups in total. The van der Waals surface area contributed by atoms with Crippen LogP contribution in [0.4, 0.5) is 10.1 Å². The zero-order valence-corrected chi connectivity index (χ0v) is 17.0. The second kappa shape index (κ2) is 10.1. The van der Waals surface area contributed by atoms with E-state index in [0.29, 0.717) is 0 Å².